The summed E-state index contributed by atoms with van der Waals surface area (Å²) in [4.78, 5) is 0. The van der Waals surface area contributed by atoms with Crippen LogP contribution in [0.5, 0.6) is 34.5 Å². The van der Waals surface area contributed by atoms with Crippen LogP contribution in [0.3, 0.4) is 0 Å². The van der Waals surface area contributed by atoms with Crippen LogP contribution in [0.25, 0.3) is 0 Å². The van der Waals surface area contributed by atoms with Crippen LogP contribution in [0.1, 0.15) is 0 Å². The van der Waals surface area contributed by atoms with Crippen molar-refractivity contribution in [3.8, 4) is 34.5 Å². The molecule has 0 aliphatic carbocycles. The van der Waals surface area contributed by atoms with Gasteiger partial charge >= 0.3 is 0 Å². The molecule has 0 unspecified atom stereocenters. The molecule has 0 saturated heterocycles. The first-order chi connectivity index (χ1) is 11.1. The van der Waals surface area contributed by atoms with Crippen molar-refractivity contribution in [2.45, 2.75) is 0 Å². The van der Waals surface area contributed by atoms with Crippen LogP contribution in [0.4, 0.5) is 5.69 Å². The van der Waals surface area contributed by atoms with E-state index in [4.69, 9.17) is 15.2 Å². The van der Waals surface area contributed by atoms with E-state index in [-0.39, 0.29) is 11.5 Å². The molecule has 4 N–H and O–H groups in total. The number of hydrogen-bond donors (Lipinski definition) is 3. The predicted octanol–water partition coefficient (Wildman–Crippen LogP) is 4.26. The topological polar surface area (TPSA) is 84.9 Å². The summed E-state index contributed by atoms with van der Waals surface area (Å²) in [7, 11) is 0. The Labute approximate surface area is 133 Å². The second-order valence-corrected chi connectivity index (χ2v) is 4.89. The monoisotopic (exact) mass is 309 g/mol. The quantitative estimate of drug-likeness (QED) is 0.627. The number of nitrogen functional groups attached to an aromatic ring is 1. The Morgan fingerprint density at radius 2 is 1.09 bits per heavy atom. The van der Waals surface area contributed by atoms with Crippen molar-refractivity contribution in [2.24, 2.45) is 0 Å². The van der Waals surface area contributed by atoms with Crippen molar-refractivity contribution in [1.82, 2.24) is 0 Å². The minimum atomic E-state index is 0.162. The number of ether oxygens (including phenoxy) is 2. The molecule has 5 heteroatoms. The van der Waals surface area contributed by atoms with Gasteiger partial charge in [-0.3, -0.25) is 0 Å². The van der Waals surface area contributed by atoms with Crippen LogP contribution >= 0.6 is 0 Å². The number of hydrogen-bond acceptors (Lipinski definition) is 5. The Hall–Kier alpha value is -3.34. The minimum Gasteiger partial charge on any atom is -0.508 e. The van der Waals surface area contributed by atoms with Crippen molar-refractivity contribution in [3.63, 3.8) is 0 Å². The van der Waals surface area contributed by atoms with Gasteiger partial charge in [0.05, 0.1) is 5.69 Å². The molecule has 0 saturated carbocycles. The molecule has 116 valence electrons. The van der Waals surface area contributed by atoms with Gasteiger partial charge in [-0.15, -0.1) is 0 Å². The minimum absolute atomic E-state index is 0.162. The first kappa shape index (κ1) is 14.6. The Balaban J connectivity index is 1.81. The summed E-state index contributed by atoms with van der Waals surface area (Å²) in [5.41, 5.74) is 6.39. The van der Waals surface area contributed by atoms with Crippen molar-refractivity contribution in [1.29, 1.82) is 0 Å². The van der Waals surface area contributed by atoms with E-state index in [0.29, 0.717) is 28.7 Å². The number of benzene rings is 3. The Kier molecular flexibility index (Phi) is 3.93. The third-order valence-electron chi connectivity index (χ3n) is 3.12. The van der Waals surface area contributed by atoms with Crippen molar-refractivity contribution >= 4 is 5.69 Å². The number of aromatic hydroxyl groups is 2. The van der Waals surface area contributed by atoms with Gasteiger partial charge in [-0.2, -0.15) is 0 Å². The van der Waals surface area contributed by atoms with Gasteiger partial charge in [0.25, 0.3) is 0 Å². The zero-order valence-electron chi connectivity index (χ0n) is 12.1. The summed E-state index contributed by atoms with van der Waals surface area (Å²) in [6.45, 7) is 0. The lowest BCUT2D eigenvalue weighted by atomic mass is 10.2. The van der Waals surface area contributed by atoms with Gasteiger partial charge in [0.2, 0.25) is 0 Å². The Bertz CT molecular complexity index is 798. The highest BCUT2D eigenvalue weighted by Gasteiger charge is 2.06. The van der Waals surface area contributed by atoms with Gasteiger partial charge in [0, 0.05) is 6.07 Å². The maximum atomic E-state index is 9.29. The maximum absolute atomic E-state index is 9.29. The van der Waals surface area contributed by atoms with Crippen molar-refractivity contribution < 1.29 is 19.7 Å². The molecule has 0 radical (unpaired) electrons. The smallest absolute Gasteiger partial charge is 0.154 e. The highest BCUT2D eigenvalue weighted by Crippen LogP contribution is 2.33. The zero-order chi connectivity index (χ0) is 16.2. The molecule has 0 bridgehead atoms. The number of phenols is 2. The van der Waals surface area contributed by atoms with Gasteiger partial charge in [0.15, 0.2) is 5.75 Å². The molecule has 0 aliphatic heterocycles. The fraction of sp³-hybridized carbons (Fsp3) is 0. The highest BCUT2D eigenvalue weighted by molar-refractivity contribution is 5.57. The molecule has 3 aromatic rings. The summed E-state index contributed by atoms with van der Waals surface area (Å²) >= 11 is 0. The second kappa shape index (κ2) is 6.19. The number of phenolic OH excluding ortho intramolecular Hbond substituents is 2. The van der Waals surface area contributed by atoms with Crippen LogP contribution in [0.15, 0.2) is 66.7 Å². The summed E-state index contributed by atoms with van der Waals surface area (Å²) in [5.74, 6) is 2.48. The molecule has 3 aromatic carbocycles. The maximum Gasteiger partial charge on any atom is 0.154 e. The molecular weight excluding hydrogens is 294 g/mol. The van der Waals surface area contributed by atoms with Crippen LogP contribution in [0.2, 0.25) is 0 Å². The lowest BCUT2D eigenvalue weighted by Crippen LogP contribution is -1.93. The third kappa shape index (κ3) is 3.65. The largest absolute Gasteiger partial charge is 0.508 e. The number of anilines is 1. The van der Waals surface area contributed by atoms with Crippen LogP contribution < -0.4 is 15.2 Å². The Morgan fingerprint density at radius 3 is 1.65 bits per heavy atom. The lowest BCUT2D eigenvalue weighted by Gasteiger charge is -2.11. The number of rotatable bonds is 4. The molecule has 0 fully saturated rings. The molecule has 0 heterocycles. The average Bonchev–Trinajstić information content (AvgIpc) is 2.55. The first-order valence-electron chi connectivity index (χ1n) is 6.93. The van der Waals surface area contributed by atoms with Crippen LogP contribution in [-0.4, -0.2) is 10.2 Å². The average molecular weight is 309 g/mol. The van der Waals surface area contributed by atoms with E-state index >= 15 is 0 Å². The van der Waals surface area contributed by atoms with Gasteiger partial charge in [-0.1, -0.05) is 0 Å². The summed E-state index contributed by atoms with van der Waals surface area (Å²) in [6, 6.07) is 17.8. The SMILES string of the molecule is Nc1ccc(Oc2ccc(O)cc2)cc1Oc1ccc(O)cc1. The van der Waals surface area contributed by atoms with Crippen LogP contribution in [-0.2, 0) is 0 Å². The van der Waals surface area contributed by atoms with Gasteiger partial charge < -0.3 is 25.4 Å². The molecule has 0 atom stereocenters. The predicted molar refractivity (Wildman–Crippen MR) is 87.2 cm³/mol. The van der Waals surface area contributed by atoms with E-state index in [2.05, 4.69) is 0 Å². The fourth-order valence-electron chi connectivity index (χ4n) is 1.96. The molecule has 23 heavy (non-hydrogen) atoms. The van der Waals surface area contributed by atoms with E-state index in [1.54, 1.807) is 54.6 Å². The zero-order valence-corrected chi connectivity index (χ0v) is 12.1. The standard InChI is InChI=1S/C18H15NO4/c19-17-10-9-16(22-14-5-1-12(20)2-6-14)11-18(17)23-15-7-3-13(21)4-8-15/h1-11,20-21H,19H2. The van der Waals surface area contributed by atoms with E-state index < -0.39 is 0 Å². The second-order valence-electron chi connectivity index (χ2n) is 4.89. The first-order valence-corrected chi connectivity index (χ1v) is 6.93. The molecule has 0 aliphatic rings. The van der Waals surface area contributed by atoms with E-state index in [1.807, 2.05) is 0 Å². The van der Waals surface area contributed by atoms with Crippen molar-refractivity contribution in [3.05, 3.63) is 66.7 Å². The Morgan fingerprint density at radius 1 is 0.609 bits per heavy atom. The van der Waals surface area contributed by atoms with Crippen LogP contribution in [0, 0.1) is 0 Å². The number of nitrogens with two attached hydrogens (primary N) is 1. The molecule has 0 amide bonds. The fourth-order valence-corrected chi connectivity index (χ4v) is 1.96. The van der Waals surface area contributed by atoms with E-state index in [1.165, 1.54) is 12.1 Å². The van der Waals surface area contributed by atoms with E-state index in [0.717, 1.165) is 0 Å². The lowest BCUT2D eigenvalue weighted by molar-refractivity contribution is 0.453. The molecule has 0 aromatic heterocycles. The third-order valence-corrected chi connectivity index (χ3v) is 3.12. The van der Waals surface area contributed by atoms with Gasteiger partial charge in [0.1, 0.15) is 28.7 Å². The molecular formula is C18H15NO4. The highest BCUT2D eigenvalue weighted by atomic mass is 16.5. The van der Waals surface area contributed by atoms with Gasteiger partial charge in [-0.25, -0.2) is 0 Å². The normalized spacial score (nSPS) is 10.3. The molecule has 3 rings (SSSR count). The summed E-state index contributed by atoms with van der Waals surface area (Å²) < 4.78 is 11.4. The van der Waals surface area contributed by atoms with Crippen molar-refractivity contribution in [2.75, 3.05) is 5.73 Å². The summed E-state index contributed by atoms with van der Waals surface area (Å²) in [5, 5.41) is 18.6. The molecule has 5 nitrogen and oxygen atoms in total. The summed E-state index contributed by atoms with van der Waals surface area (Å²) in [6.07, 6.45) is 0. The van der Waals surface area contributed by atoms with E-state index in [9.17, 15) is 10.2 Å². The molecule has 0 spiro atoms. The van der Waals surface area contributed by atoms with Gasteiger partial charge in [-0.05, 0) is 60.7 Å².